The van der Waals surface area contributed by atoms with E-state index in [0.29, 0.717) is 0 Å². The van der Waals surface area contributed by atoms with Crippen molar-refractivity contribution in [1.82, 2.24) is 0 Å². The molecule has 3 atom stereocenters. The quantitative estimate of drug-likeness (QED) is 0.542. The summed E-state index contributed by atoms with van der Waals surface area (Å²) in [5, 5.41) is 0. The SMILES string of the molecule is C=C(C)C1CCC(C)=C2CCC(C)CC21. The normalized spacial score (nSPS) is 36.3. The van der Waals surface area contributed by atoms with Gasteiger partial charge in [0.25, 0.3) is 0 Å². The first-order valence-corrected chi connectivity index (χ1v) is 6.43. The van der Waals surface area contributed by atoms with Crippen LogP contribution in [0.4, 0.5) is 0 Å². The van der Waals surface area contributed by atoms with Crippen molar-refractivity contribution in [2.24, 2.45) is 17.8 Å². The maximum Gasteiger partial charge on any atom is -0.0133 e. The van der Waals surface area contributed by atoms with Crippen LogP contribution in [0.25, 0.3) is 0 Å². The molecule has 0 nitrogen and oxygen atoms in total. The minimum Gasteiger partial charge on any atom is -0.0998 e. The van der Waals surface area contributed by atoms with E-state index in [0.717, 1.165) is 17.8 Å². The summed E-state index contributed by atoms with van der Waals surface area (Å²) in [5.41, 5.74) is 4.91. The molecule has 84 valence electrons. The van der Waals surface area contributed by atoms with Crippen molar-refractivity contribution < 1.29 is 0 Å². The molecule has 0 heterocycles. The van der Waals surface area contributed by atoms with Gasteiger partial charge in [0, 0.05) is 0 Å². The first-order chi connectivity index (χ1) is 7.09. The van der Waals surface area contributed by atoms with Gasteiger partial charge in [0.2, 0.25) is 0 Å². The minimum atomic E-state index is 0.784. The molecule has 0 bridgehead atoms. The van der Waals surface area contributed by atoms with Gasteiger partial charge in [-0.25, -0.2) is 0 Å². The lowest BCUT2D eigenvalue weighted by molar-refractivity contribution is 0.263. The third-order valence-electron chi connectivity index (χ3n) is 4.51. The van der Waals surface area contributed by atoms with Crippen molar-refractivity contribution >= 4 is 0 Å². The second kappa shape index (κ2) is 4.15. The molecule has 1 fully saturated rings. The first kappa shape index (κ1) is 11.0. The molecule has 0 radical (unpaired) electrons. The Kier molecular flexibility index (Phi) is 3.04. The smallest absolute Gasteiger partial charge is 0.0133 e. The van der Waals surface area contributed by atoms with Gasteiger partial charge < -0.3 is 0 Å². The van der Waals surface area contributed by atoms with Crippen molar-refractivity contribution in [3.63, 3.8) is 0 Å². The van der Waals surface area contributed by atoms with Gasteiger partial charge in [0.15, 0.2) is 0 Å². The van der Waals surface area contributed by atoms with Crippen molar-refractivity contribution in [2.45, 2.75) is 52.9 Å². The third-order valence-corrected chi connectivity index (χ3v) is 4.51. The largest absolute Gasteiger partial charge is 0.0998 e. The topological polar surface area (TPSA) is 0 Å². The van der Waals surface area contributed by atoms with E-state index in [2.05, 4.69) is 27.4 Å². The van der Waals surface area contributed by atoms with E-state index in [1.165, 1.54) is 37.7 Å². The Morgan fingerprint density at radius 3 is 2.67 bits per heavy atom. The minimum absolute atomic E-state index is 0.784. The molecule has 0 aliphatic heterocycles. The Hall–Kier alpha value is -0.520. The fraction of sp³-hybridized carbons (Fsp3) is 0.733. The summed E-state index contributed by atoms with van der Waals surface area (Å²) >= 11 is 0. The molecule has 0 heteroatoms. The van der Waals surface area contributed by atoms with Crippen molar-refractivity contribution in [1.29, 1.82) is 0 Å². The Labute approximate surface area is 94.5 Å². The molecule has 0 N–H and O–H groups in total. The van der Waals surface area contributed by atoms with Crippen molar-refractivity contribution in [3.8, 4) is 0 Å². The molecule has 0 amide bonds. The highest BCUT2D eigenvalue weighted by molar-refractivity contribution is 5.25. The number of rotatable bonds is 1. The van der Waals surface area contributed by atoms with Gasteiger partial charge in [-0.3, -0.25) is 0 Å². The Balaban J connectivity index is 2.26. The van der Waals surface area contributed by atoms with Gasteiger partial charge >= 0.3 is 0 Å². The van der Waals surface area contributed by atoms with Crippen molar-refractivity contribution in [3.05, 3.63) is 23.3 Å². The fourth-order valence-electron chi connectivity index (χ4n) is 3.54. The summed E-state index contributed by atoms with van der Waals surface area (Å²) in [6.07, 6.45) is 6.84. The highest BCUT2D eigenvalue weighted by atomic mass is 14.4. The highest BCUT2D eigenvalue weighted by Gasteiger charge is 2.34. The average molecular weight is 204 g/mol. The van der Waals surface area contributed by atoms with Crippen LogP contribution in [0.3, 0.4) is 0 Å². The summed E-state index contributed by atoms with van der Waals surface area (Å²) in [4.78, 5) is 0. The van der Waals surface area contributed by atoms with Crippen LogP contribution in [0.5, 0.6) is 0 Å². The number of allylic oxidation sites excluding steroid dienone is 3. The zero-order valence-electron chi connectivity index (χ0n) is 10.5. The Morgan fingerprint density at radius 2 is 2.00 bits per heavy atom. The van der Waals surface area contributed by atoms with Gasteiger partial charge in [0.05, 0.1) is 0 Å². The summed E-state index contributed by atoms with van der Waals surface area (Å²) in [5.74, 6) is 2.55. The molecule has 0 saturated heterocycles. The zero-order valence-corrected chi connectivity index (χ0v) is 10.5. The van der Waals surface area contributed by atoms with Crippen LogP contribution in [0, 0.1) is 17.8 Å². The van der Waals surface area contributed by atoms with E-state index < -0.39 is 0 Å². The van der Waals surface area contributed by atoms with Gasteiger partial charge in [0.1, 0.15) is 0 Å². The van der Waals surface area contributed by atoms with E-state index in [4.69, 9.17) is 0 Å². The monoisotopic (exact) mass is 204 g/mol. The van der Waals surface area contributed by atoms with Crippen molar-refractivity contribution in [2.75, 3.05) is 0 Å². The second-order valence-corrected chi connectivity index (χ2v) is 5.78. The second-order valence-electron chi connectivity index (χ2n) is 5.78. The predicted octanol–water partition coefficient (Wildman–Crippen LogP) is 4.73. The lowest BCUT2D eigenvalue weighted by Crippen LogP contribution is -2.28. The lowest BCUT2D eigenvalue weighted by atomic mass is 9.65. The Morgan fingerprint density at radius 1 is 1.27 bits per heavy atom. The average Bonchev–Trinajstić information content (AvgIpc) is 2.17. The molecule has 0 aromatic rings. The van der Waals surface area contributed by atoms with Crippen LogP contribution in [0.2, 0.25) is 0 Å². The highest BCUT2D eigenvalue weighted by Crippen LogP contribution is 2.46. The summed E-state index contributed by atoms with van der Waals surface area (Å²) < 4.78 is 0. The lowest BCUT2D eigenvalue weighted by Gasteiger charge is -2.40. The predicted molar refractivity (Wildman–Crippen MR) is 66.7 cm³/mol. The molecule has 2 rings (SSSR count). The van der Waals surface area contributed by atoms with E-state index in [1.807, 2.05) is 0 Å². The van der Waals surface area contributed by atoms with Gasteiger partial charge in [-0.15, -0.1) is 0 Å². The van der Waals surface area contributed by atoms with E-state index in [9.17, 15) is 0 Å². The molecule has 0 aromatic heterocycles. The van der Waals surface area contributed by atoms with Crippen LogP contribution in [-0.4, -0.2) is 0 Å². The van der Waals surface area contributed by atoms with Gasteiger partial charge in [-0.1, -0.05) is 30.2 Å². The first-order valence-electron chi connectivity index (χ1n) is 6.43. The zero-order chi connectivity index (χ0) is 11.0. The number of fused-ring (bicyclic) bond motifs is 1. The number of hydrogen-bond donors (Lipinski definition) is 0. The maximum atomic E-state index is 4.20. The molecule has 0 aromatic carbocycles. The Bertz CT molecular complexity index is 295. The van der Waals surface area contributed by atoms with Gasteiger partial charge in [-0.2, -0.15) is 0 Å². The molecule has 0 spiro atoms. The van der Waals surface area contributed by atoms with Crippen LogP contribution in [-0.2, 0) is 0 Å². The third kappa shape index (κ3) is 2.04. The maximum absolute atomic E-state index is 4.20. The van der Waals surface area contributed by atoms with E-state index in [-0.39, 0.29) is 0 Å². The van der Waals surface area contributed by atoms with Crippen LogP contribution >= 0.6 is 0 Å². The molecule has 15 heavy (non-hydrogen) atoms. The van der Waals surface area contributed by atoms with E-state index >= 15 is 0 Å². The molecule has 3 unspecified atom stereocenters. The number of hydrogen-bond acceptors (Lipinski definition) is 0. The fourth-order valence-corrected chi connectivity index (χ4v) is 3.54. The summed E-state index contributed by atoms with van der Waals surface area (Å²) in [6.45, 7) is 11.2. The summed E-state index contributed by atoms with van der Waals surface area (Å²) in [7, 11) is 0. The molecular weight excluding hydrogens is 180 g/mol. The summed E-state index contributed by atoms with van der Waals surface area (Å²) in [6, 6.07) is 0. The molecule has 1 saturated carbocycles. The molecule has 2 aliphatic carbocycles. The molecular formula is C15H24. The van der Waals surface area contributed by atoms with Crippen LogP contribution < -0.4 is 0 Å². The standard InChI is InChI=1S/C15H24/c1-10(2)13-8-6-12(4)14-7-5-11(3)9-15(13)14/h11,13,15H,1,5-9H2,2-4H3. The molecule has 2 aliphatic rings. The van der Waals surface area contributed by atoms with Crippen LogP contribution in [0.1, 0.15) is 52.9 Å². The van der Waals surface area contributed by atoms with Gasteiger partial charge in [-0.05, 0) is 63.7 Å². The van der Waals surface area contributed by atoms with Crippen LogP contribution in [0.15, 0.2) is 23.3 Å². The van der Waals surface area contributed by atoms with E-state index in [1.54, 1.807) is 11.1 Å².